The molecule has 0 heterocycles. The van der Waals surface area contributed by atoms with Crippen LogP contribution in [0.1, 0.15) is 37.5 Å². The number of halogens is 3. The Morgan fingerprint density at radius 3 is 2.16 bits per heavy atom. The average molecular weight is 278 g/mol. The maximum absolute atomic E-state index is 12.6. The number of hydrogen-bond acceptors (Lipinski definition) is 2. The summed E-state index contributed by atoms with van der Waals surface area (Å²) < 4.78 is 47.9. The molecule has 1 rings (SSSR count). The molecule has 0 saturated heterocycles. The van der Waals surface area contributed by atoms with Crippen molar-refractivity contribution in [3.8, 4) is 5.75 Å². The molecule has 2 nitrogen and oxygen atoms in total. The van der Waals surface area contributed by atoms with E-state index in [1.54, 1.807) is 20.8 Å². The minimum atomic E-state index is -4.36. The highest BCUT2D eigenvalue weighted by atomic mass is 19.4. The summed E-state index contributed by atoms with van der Waals surface area (Å²) in [6.45, 7) is 9.54. The SMILES string of the molecule is CC.CCOCOc1cc(C(F)(F)F)cc(C)c1C. The lowest BCUT2D eigenvalue weighted by atomic mass is 10.0. The lowest BCUT2D eigenvalue weighted by Gasteiger charge is -2.14. The van der Waals surface area contributed by atoms with E-state index < -0.39 is 11.7 Å². The minimum Gasteiger partial charge on any atom is -0.467 e. The highest BCUT2D eigenvalue weighted by Gasteiger charge is 2.31. The van der Waals surface area contributed by atoms with Crippen molar-refractivity contribution in [3.63, 3.8) is 0 Å². The van der Waals surface area contributed by atoms with Crippen LogP contribution in [0.4, 0.5) is 13.2 Å². The van der Waals surface area contributed by atoms with Crippen molar-refractivity contribution in [1.82, 2.24) is 0 Å². The van der Waals surface area contributed by atoms with Crippen LogP contribution >= 0.6 is 0 Å². The molecule has 0 aliphatic heterocycles. The summed E-state index contributed by atoms with van der Waals surface area (Å²) in [7, 11) is 0. The summed E-state index contributed by atoms with van der Waals surface area (Å²) in [4.78, 5) is 0. The fourth-order valence-electron chi connectivity index (χ4n) is 1.33. The van der Waals surface area contributed by atoms with Gasteiger partial charge in [-0.3, -0.25) is 0 Å². The lowest BCUT2D eigenvalue weighted by molar-refractivity contribution is -0.137. The predicted octanol–water partition coefficient (Wildman–Crippen LogP) is 4.72. The van der Waals surface area contributed by atoms with E-state index in [1.807, 2.05) is 13.8 Å². The topological polar surface area (TPSA) is 18.5 Å². The van der Waals surface area contributed by atoms with Crippen LogP contribution in [-0.4, -0.2) is 13.4 Å². The van der Waals surface area contributed by atoms with Gasteiger partial charge in [0.25, 0.3) is 0 Å². The third kappa shape index (κ3) is 5.51. The lowest BCUT2D eigenvalue weighted by Crippen LogP contribution is -2.09. The number of benzene rings is 1. The van der Waals surface area contributed by atoms with Gasteiger partial charge < -0.3 is 9.47 Å². The van der Waals surface area contributed by atoms with E-state index in [4.69, 9.17) is 9.47 Å². The molecule has 0 saturated carbocycles. The van der Waals surface area contributed by atoms with Crippen LogP contribution in [-0.2, 0) is 10.9 Å². The number of aryl methyl sites for hydroxylation is 1. The third-order valence-corrected chi connectivity index (χ3v) is 2.45. The van der Waals surface area contributed by atoms with Crippen molar-refractivity contribution >= 4 is 0 Å². The van der Waals surface area contributed by atoms with E-state index in [2.05, 4.69) is 0 Å². The highest BCUT2D eigenvalue weighted by Crippen LogP contribution is 2.34. The predicted molar refractivity (Wildman–Crippen MR) is 69.4 cm³/mol. The van der Waals surface area contributed by atoms with Gasteiger partial charge >= 0.3 is 6.18 Å². The molecule has 1 aromatic rings. The first-order valence-corrected chi connectivity index (χ1v) is 6.25. The van der Waals surface area contributed by atoms with Crippen LogP contribution < -0.4 is 4.74 Å². The van der Waals surface area contributed by atoms with Crippen LogP contribution in [0.25, 0.3) is 0 Å². The van der Waals surface area contributed by atoms with Gasteiger partial charge in [0.2, 0.25) is 0 Å². The van der Waals surface area contributed by atoms with Gasteiger partial charge in [-0.1, -0.05) is 13.8 Å². The molecule has 0 fully saturated rings. The molecule has 0 N–H and O–H groups in total. The van der Waals surface area contributed by atoms with E-state index in [-0.39, 0.29) is 12.5 Å². The Morgan fingerprint density at radius 2 is 1.68 bits per heavy atom. The van der Waals surface area contributed by atoms with Crippen LogP contribution in [0, 0.1) is 13.8 Å². The summed E-state index contributed by atoms with van der Waals surface area (Å²) in [5.41, 5.74) is 0.538. The van der Waals surface area contributed by atoms with Crippen LogP contribution in [0.3, 0.4) is 0 Å². The Morgan fingerprint density at radius 1 is 1.11 bits per heavy atom. The number of ether oxygens (including phenoxy) is 2. The van der Waals surface area contributed by atoms with Crippen molar-refractivity contribution in [1.29, 1.82) is 0 Å². The monoisotopic (exact) mass is 278 g/mol. The van der Waals surface area contributed by atoms with E-state index in [0.29, 0.717) is 17.7 Å². The van der Waals surface area contributed by atoms with Crippen molar-refractivity contribution < 1.29 is 22.6 Å². The number of alkyl halides is 3. The zero-order valence-electron chi connectivity index (χ0n) is 12.0. The maximum Gasteiger partial charge on any atom is 0.416 e. The molecule has 1 aromatic carbocycles. The molecule has 0 aromatic heterocycles. The zero-order valence-corrected chi connectivity index (χ0v) is 12.0. The summed E-state index contributed by atoms with van der Waals surface area (Å²) in [5, 5.41) is 0. The van der Waals surface area contributed by atoms with E-state index in [1.165, 1.54) is 0 Å². The largest absolute Gasteiger partial charge is 0.467 e. The molecule has 19 heavy (non-hydrogen) atoms. The second-order valence-electron chi connectivity index (χ2n) is 3.67. The third-order valence-electron chi connectivity index (χ3n) is 2.45. The first-order valence-electron chi connectivity index (χ1n) is 6.25. The fourth-order valence-corrected chi connectivity index (χ4v) is 1.33. The molecule has 0 unspecified atom stereocenters. The Balaban J connectivity index is 0.00000154. The Hall–Kier alpha value is -1.23. The molecule has 5 heteroatoms. The first kappa shape index (κ1) is 17.8. The van der Waals surface area contributed by atoms with Gasteiger partial charge in [-0.2, -0.15) is 13.2 Å². The summed E-state index contributed by atoms with van der Waals surface area (Å²) in [5.74, 6) is 0.214. The second kappa shape index (κ2) is 8.04. The molecule has 0 atom stereocenters. The van der Waals surface area contributed by atoms with Gasteiger partial charge in [0.05, 0.1) is 5.56 Å². The van der Waals surface area contributed by atoms with Crippen LogP contribution in [0.2, 0.25) is 0 Å². The summed E-state index contributed by atoms with van der Waals surface area (Å²) in [6.07, 6.45) is -4.36. The standard InChI is InChI=1S/C12H15F3O2.C2H6/c1-4-16-7-17-11-6-10(12(13,14)15)5-8(2)9(11)3;1-2/h5-6H,4,7H2,1-3H3;1-2H3. The molecule has 0 aliphatic rings. The van der Waals surface area contributed by atoms with E-state index in [9.17, 15) is 13.2 Å². The number of hydrogen-bond donors (Lipinski definition) is 0. The molecule has 0 bridgehead atoms. The average Bonchev–Trinajstić information content (AvgIpc) is 2.35. The molecular formula is C14H21F3O2. The molecule has 0 radical (unpaired) electrons. The summed E-state index contributed by atoms with van der Waals surface area (Å²) >= 11 is 0. The zero-order chi connectivity index (χ0) is 15.1. The molecule has 0 spiro atoms. The van der Waals surface area contributed by atoms with Gasteiger partial charge in [0, 0.05) is 6.61 Å². The van der Waals surface area contributed by atoms with Gasteiger partial charge in [0.15, 0.2) is 6.79 Å². The van der Waals surface area contributed by atoms with Crippen molar-refractivity contribution in [2.24, 2.45) is 0 Å². The smallest absolute Gasteiger partial charge is 0.416 e. The molecule has 0 amide bonds. The number of rotatable bonds is 4. The second-order valence-corrected chi connectivity index (χ2v) is 3.67. The molecule has 0 aliphatic carbocycles. The van der Waals surface area contributed by atoms with Crippen molar-refractivity contribution in [2.45, 2.75) is 40.8 Å². The Bertz CT molecular complexity index is 387. The first-order chi connectivity index (χ1) is 8.86. The van der Waals surface area contributed by atoms with E-state index in [0.717, 1.165) is 12.1 Å². The molecular weight excluding hydrogens is 257 g/mol. The van der Waals surface area contributed by atoms with Crippen molar-refractivity contribution in [3.05, 3.63) is 28.8 Å². The summed E-state index contributed by atoms with van der Waals surface area (Å²) in [6, 6.07) is 2.12. The molecule has 110 valence electrons. The van der Waals surface area contributed by atoms with Crippen LogP contribution in [0.15, 0.2) is 12.1 Å². The quantitative estimate of drug-likeness (QED) is 0.586. The normalized spacial score (nSPS) is 10.7. The van der Waals surface area contributed by atoms with E-state index >= 15 is 0 Å². The maximum atomic E-state index is 12.6. The van der Waals surface area contributed by atoms with Gasteiger partial charge in [-0.15, -0.1) is 0 Å². The minimum absolute atomic E-state index is 0.0436. The highest BCUT2D eigenvalue weighted by molar-refractivity contribution is 5.43. The fraction of sp³-hybridized carbons (Fsp3) is 0.571. The van der Waals surface area contributed by atoms with Gasteiger partial charge in [0.1, 0.15) is 5.75 Å². The Labute approximate surface area is 112 Å². The van der Waals surface area contributed by atoms with Crippen molar-refractivity contribution in [2.75, 3.05) is 13.4 Å². The van der Waals surface area contributed by atoms with Crippen LogP contribution in [0.5, 0.6) is 5.75 Å². The Kier molecular flexibility index (Phi) is 7.52. The van der Waals surface area contributed by atoms with Gasteiger partial charge in [-0.25, -0.2) is 0 Å². The van der Waals surface area contributed by atoms with Gasteiger partial charge in [-0.05, 0) is 44.0 Å².